The average molecular weight is 434 g/mol. The summed E-state index contributed by atoms with van der Waals surface area (Å²) in [5, 5.41) is 11.6. The largest absolute Gasteiger partial charge is 0.339 e. The Morgan fingerprint density at radius 2 is 2.23 bits per heavy atom. The summed E-state index contributed by atoms with van der Waals surface area (Å²) in [6.07, 6.45) is 3.14. The predicted octanol–water partition coefficient (Wildman–Crippen LogP) is 3.95. The van der Waals surface area contributed by atoms with Gasteiger partial charge >= 0.3 is 0 Å². The summed E-state index contributed by atoms with van der Waals surface area (Å²) in [5.74, 6) is 0.970. The molecule has 1 aromatic carbocycles. The van der Waals surface area contributed by atoms with Crippen LogP contribution in [-0.4, -0.2) is 39.8 Å². The van der Waals surface area contributed by atoms with Crippen LogP contribution in [0.3, 0.4) is 0 Å². The summed E-state index contributed by atoms with van der Waals surface area (Å²) in [4.78, 5) is 25.0. The number of carbonyl (C=O) groups excluding carboxylic acids is 1. The molecule has 0 N–H and O–H groups in total. The molecule has 2 rings (SSSR count). The highest BCUT2D eigenvalue weighted by molar-refractivity contribution is 14.1. The summed E-state index contributed by atoms with van der Waals surface area (Å²) in [5.41, 5.74) is 0.412. The maximum atomic E-state index is 12.7. The molecular weight excluding hydrogens is 415 g/mol. The molecule has 0 spiro atoms. The van der Waals surface area contributed by atoms with Crippen LogP contribution in [-0.2, 0) is 0 Å². The van der Waals surface area contributed by atoms with Gasteiger partial charge in [0.15, 0.2) is 0 Å². The van der Waals surface area contributed by atoms with Gasteiger partial charge in [0.05, 0.1) is 10.5 Å². The van der Waals surface area contributed by atoms with Gasteiger partial charge in [0.25, 0.3) is 11.6 Å². The Morgan fingerprint density at radius 3 is 2.86 bits per heavy atom. The SMILES string of the molecule is CCS[C@@H]1CC[C@H](N(C)C(=O)c2cccc([N+](=O)[O-])c2I)C1. The van der Waals surface area contributed by atoms with E-state index in [4.69, 9.17) is 0 Å². The van der Waals surface area contributed by atoms with Crippen LogP contribution >= 0.6 is 34.4 Å². The van der Waals surface area contributed by atoms with Crippen LogP contribution < -0.4 is 0 Å². The van der Waals surface area contributed by atoms with Crippen molar-refractivity contribution >= 4 is 45.9 Å². The van der Waals surface area contributed by atoms with Crippen molar-refractivity contribution in [3.8, 4) is 0 Å². The van der Waals surface area contributed by atoms with Gasteiger partial charge in [-0.1, -0.05) is 13.0 Å². The van der Waals surface area contributed by atoms with Crippen LogP contribution in [0.2, 0.25) is 0 Å². The third-order valence-electron chi connectivity index (χ3n) is 4.03. The lowest BCUT2D eigenvalue weighted by atomic mass is 10.1. The molecule has 0 unspecified atom stereocenters. The summed E-state index contributed by atoms with van der Waals surface area (Å²) in [6.45, 7) is 2.15. The van der Waals surface area contributed by atoms with Gasteiger partial charge in [-0.15, -0.1) is 0 Å². The maximum Gasteiger partial charge on any atom is 0.283 e. The lowest BCUT2D eigenvalue weighted by Gasteiger charge is -2.25. The van der Waals surface area contributed by atoms with E-state index in [0.29, 0.717) is 14.4 Å². The van der Waals surface area contributed by atoms with E-state index >= 15 is 0 Å². The zero-order valence-corrected chi connectivity index (χ0v) is 15.6. The molecule has 22 heavy (non-hydrogen) atoms. The van der Waals surface area contributed by atoms with E-state index in [1.165, 1.54) is 6.07 Å². The van der Waals surface area contributed by atoms with Crippen molar-refractivity contribution in [1.82, 2.24) is 4.90 Å². The molecule has 5 nitrogen and oxygen atoms in total. The first-order chi connectivity index (χ1) is 10.5. The normalized spacial score (nSPS) is 20.9. The lowest BCUT2D eigenvalue weighted by molar-refractivity contribution is -0.385. The van der Waals surface area contributed by atoms with E-state index in [-0.39, 0.29) is 17.6 Å². The number of carbonyl (C=O) groups is 1. The minimum absolute atomic E-state index is 0.00862. The number of halogens is 1. The Hall–Kier alpha value is -0.830. The quantitative estimate of drug-likeness (QED) is 0.400. The first-order valence-corrected chi connectivity index (χ1v) is 9.40. The van der Waals surface area contributed by atoms with Crippen molar-refractivity contribution < 1.29 is 9.72 Å². The van der Waals surface area contributed by atoms with E-state index < -0.39 is 4.92 Å². The molecule has 0 bridgehead atoms. The van der Waals surface area contributed by atoms with Crippen LogP contribution in [0, 0.1) is 13.7 Å². The van der Waals surface area contributed by atoms with Gasteiger partial charge in [-0.05, 0) is 53.7 Å². The fourth-order valence-electron chi connectivity index (χ4n) is 2.84. The molecule has 120 valence electrons. The van der Waals surface area contributed by atoms with Crippen molar-refractivity contribution in [2.45, 2.75) is 37.5 Å². The molecule has 1 aliphatic rings. The molecule has 1 aliphatic carbocycles. The fourth-order valence-corrected chi connectivity index (χ4v) is 4.76. The third kappa shape index (κ3) is 3.73. The average Bonchev–Trinajstić information content (AvgIpc) is 2.94. The van der Waals surface area contributed by atoms with Gasteiger partial charge < -0.3 is 4.90 Å². The van der Waals surface area contributed by atoms with Crippen LogP contribution in [0.1, 0.15) is 36.5 Å². The number of nitrogens with zero attached hydrogens (tertiary/aromatic N) is 2. The van der Waals surface area contributed by atoms with E-state index in [1.807, 2.05) is 34.4 Å². The molecule has 2 atom stereocenters. The number of thioether (sulfide) groups is 1. The molecule has 1 fully saturated rings. The zero-order chi connectivity index (χ0) is 16.3. The Balaban J connectivity index is 2.15. The Kier molecular flexibility index (Phi) is 6.08. The van der Waals surface area contributed by atoms with Crippen molar-refractivity contribution in [3.63, 3.8) is 0 Å². The highest BCUT2D eigenvalue weighted by Crippen LogP contribution is 2.33. The number of hydrogen-bond donors (Lipinski definition) is 0. The van der Waals surface area contributed by atoms with Crippen LogP contribution in [0.4, 0.5) is 5.69 Å². The van der Waals surface area contributed by atoms with E-state index in [9.17, 15) is 14.9 Å². The fraction of sp³-hybridized carbons (Fsp3) is 0.533. The van der Waals surface area contributed by atoms with E-state index in [0.717, 1.165) is 25.0 Å². The molecule has 1 amide bonds. The van der Waals surface area contributed by atoms with Crippen molar-refractivity contribution in [3.05, 3.63) is 37.4 Å². The molecule has 1 saturated carbocycles. The maximum absolute atomic E-state index is 12.7. The first-order valence-electron chi connectivity index (χ1n) is 7.27. The standard InChI is InChI=1S/C15H19IN2O3S/c1-3-22-11-8-7-10(9-11)17(2)15(19)12-5-4-6-13(14(12)16)18(20)21/h4-6,10-11H,3,7-9H2,1-2H3/t10-,11+/m0/s1. The number of rotatable bonds is 5. The zero-order valence-electron chi connectivity index (χ0n) is 12.6. The number of benzene rings is 1. The second-order valence-electron chi connectivity index (χ2n) is 5.36. The summed E-state index contributed by atoms with van der Waals surface area (Å²) in [6, 6.07) is 4.90. The molecule has 7 heteroatoms. The van der Waals surface area contributed by atoms with Crippen molar-refractivity contribution in [1.29, 1.82) is 0 Å². The first kappa shape index (κ1) is 17.5. The third-order valence-corrected chi connectivity index (χ3v) is 6.40. The van der Waals surface area contributed by atoms with E-state index in [1.54, 1.807) is 24.1 Å². The summed E-state index contributed by atoms with van der Waals surface area (Å²) in [7, 11) is 1.81. The van der Waals surface area contributed by atoms with Gasteiger partial charge in [0, 0.05) is 24.4 Å². The number of hydrogen-bond acceptors (Lipinski definition) is 4. The molecular formula is C15H19IN2O3S. The molecule has 1 aromatic rings. The lowest BCUT2D eigenvalue weighted by Crippen LogP contribution is -2.36. The monoisotopic (exact) mass is 434 g/mol. The molecule has 0 aromatic heterocycles. The van der Waals surface area contributed by atoms with Gasteiger partial charge in [-0.2, -0.15) is 11.8 Å². The minimum atomic E-state index is -0.442. The molecule has 0 aliphatic heterocycles. The van der Waals surface area contributed by atoms with Crippen LogP contribution in [0.15, 0.2) is 18.2 Å². The highest BCUT2D eigenvalue weighted by atomic mass is 127. The van der Waals surface area contributed by atoms with Crippen LogP contribution in [0.5, 0.6) is 0 Å². The molecule has 0 saturated heterocycles. The summed E-state index contributed by atoms with van der Waals surface area (Å²) < 4.78 is 0.416. The molecule has 0 radical (unpaired) electrons. The van der Waals surface area contributed by atoms with E-state index in [2.05, 4.69) is 6.92 Å². The number of nitro groups is 1. The van der Waals surface area contributed by atoms with Crippen LogP contribution in [0.25, 0.3) is 0 Å². The van der Waals surface area contributed by atoms with Gasteiger partial charge in [-0.25, -0.2) is 0 Å². The Morgan fingerprint density at radius 1 is 1.50 bits per heavy atom. The second kappa shape index (κ2) is 7.63. The van der Waals surface area contributed by atoms with Gasteiger partial charge in [0.2, 0.25) is 0 Å². The number of amides is 1. The predicted molar refractivity (Wildman–Crippen MR) is 97.5 cm³/mol. The summed E-state index contributed by atoms with van der Waals surface area (Å²) >= 11 is 3.84. The Bertz CT molecular complexity index is 582. The second-order valence-corrected chi connectivity index (χ2v) is 8.01. The van der Waals surface area contributed by atoms with Crippen molar-refractivity contribution in [2.24, 2.45) is 0 Å². The minimum Gasteiger partial charge on any atom is -0.339 e. The van der Waals surface area contributed by atoms with Gasteiger partial charge in [0.1, 0.15) is 3.57 Å². The van der Waals surface area contributed by atoms with Gasteiger partial charge in [-0.3, -0.25) is 14.9 Å². The van der Waals surface area contributed by atoms with Crippen molar-refractivity contribution in [2.75, 3.05) is 12.8 Å². The smallest absolute Gasteiger partial charge is 0.283 e. The topological polar surface area (TPSA) is 63.5 Å². The molecule has 0 heterocycles. The highest BCUT2D eigenvalue weighted by Gasteiger charge is 2.31. The Labute approximate surface area is 148 Å². The number of nitro benzene ring substituents is 1.